The average Bonchev–Trinajstić information content (AvgIpc) is 2.48. The van der Waals surface area contributed by atoms with Crippen LogP contribution >= 0.6 is 0 Å². The Morgan fingerprint density at radius 2 is 2.20 bits per heavy atom. The highest BCUT2D eigenvalue weighted by molar-refractivity contribution is 5.28. The second kappa shape index (κ2) is 7.91. The van der Waals surface area contributed by atoms with E-state index in [9.17, 15) is 0 Å². The van der Waals surface area contributed by atoms with Crippen LogP contribution in [0.4, 0.5) is 0 Å². The zero-order valence-corrected chi connectivity index (χ0v) is 12.3. The molecule has 2 rings (SSSR count). The van der Waals surface area contributed by atoms with Gasteiger partial charge in [0.15, 0.2) is 6.61 Å². The molecule has 1 aliphatic carbocycles. The lowest BCUT2D eigenvalue weighted by Crippen LogP contribution is -2.29. The van der Waals surface area contributed by atoms with Crippen LogP contribution in [0, 0.1) is 23.2 Å². The molecule has 0 saturated heterocycles. The fourth-order valence-corrected chi connectivity index (χ4v) is 2.96. The molecule has 1 saturated carbocycles. The summed E-state index contributed by atoms with van der Waals surface area (Å²) in [5.74, 6) is 2.44. The standard InChI is InChI=1S/C17H24N2O/c1-14-5-2-3-7-16(14)13-19-12-15-6-4-8-17(11-15)20-10-9-18/h4,6,8,11,14,16,19H,2-3,5,7,10,12-13H2,1H3. The van der Waals surface area contributed by atoms with Crippen LogP contribution in [-0.4, -0.2) is 13.2 Å². The zero-order valence-electron chi connectivity index (χ0n) is 12.3. The molecule has 3 nitrogen and oxygen atoms in total. The van der Waals surface area contributed by atoms with Crippen LogP contribution < -0.4 is 10.1 Å². The first-order valence-electron chi connectivity index (χ1n) is 7.59. The van der Waals surface area contributed by atoms with Crippen molar-refractivity contribution < 1.29 is 4.74 Å². The fraction of sp³-hybridized carbons (Fsp3) is 0.588. The van der Waals surface area contributed by atoms with Crippen molar-refractivity contribution >= 4 is 0 Å². The molecule has 1 aromatic rings. The summed E-state index contributed by atoms with van der Waals surface area (Å²) in [6.07, 6.45) is 5.52. The van der Waals surface area contributed by atoms with Gasteiger partial charge < -0.3 is 10.1 Å². The van der Waals surface area contributed by atoms with Crippen molar-refractivity contribution in [2.24, 2.45) is 11.8 Å². The van der Waals surface area contributed by atoms with E-state index in [4.69, 9.17) is 10.00 Å². The van der Waals surface area contributed by atoms with Crippen molar-refractivity contribution in [3.63, 3.8) is 0 Å². The highest BCUT2D eigenvalue weighted by atomic mass is 16.5. The minimum Gasteiger partial charge on any atom is -0.479 e. The molecule has 0 aliphatic heterocycles. The van der Waals surface area contributed by atoms with Gasteiger partial charge in [0.25, 0.3) is 0 Å². The summed E-state index contributed by atoms with van der Waals surface area (Å²) in [5.41, 5.74) is 1.21. The van der Waals surface area contributed by atoms with Gasteiger partial charge in [0.05, 0.1) is 0 Å². The normalized spacial score (nSPS) is 22.2. The lowest BCUT2D eigenvalue weighted by Gasteiger charge is -2.28. The van der Waals surface area contributed by atoms with Gasteiger partial charge in [-0.2, -0.15) is 5.26 Å². The Labute approximate surface area is 121 Å². The van der Waals surface area contributed by atoms with Crippen molar-refractivity contribution in [2.75, 3.05) is 13.2 Å². The van der Waals surface area contributed by atoms with E-state index in [-0.39, 0.29) is 6.61 Å². The Hall–Kier alpha value is -1.53. The third-order valence-electron chi connectivity index (χ3n) is 4.23. The number of nitrogens with one attached hydrogen (secondary N) is 1. The Morgan fingerprint density at radius 3 is 3.00 bits per heavy atom. The monoisotopic (exact) mass is 272 g/mol. The van der Waals surface area contributed by atoms with E-state index >= 15 is 0 Å². The Balaban J connectivity index is 1.77. The molecular formula is C17H24N2O. The summed E-state index contributed by atoms with van der Waals surface area (Å²) in [6, 6.07) is 9.96. The molecule has 2 unspecified atom stereocenters. The van der Waals surface area contributed by atoms with Crippen LogP contribution in [0.1, 0.15) is 38.2 Å². The molecule has 1 N–H and O–H groups in total. The third kappa shape index (κ3) is 4.54. The number of hydrogen-bond acceptors (Lipinski definition) is 3. The number of nitrogens with zero attached hydrogens (tertiary/aromatic N) is 1. The van der Waals surface area contributed by atoms with Crippen molar-refractivity contribution in [3.05, 3.63) is 29.8 Å². The third-order valence-corrected chi connectivity index (χ3v) is 4.23. The molecule has 0 bridgehead atoms. The molecule has 0 spiro atoms. The SMILES string of the molecule is CC1CCCCC1CNCc1cccc(OCC#N)c1. The molecule has 1 aliphatic rings. The molecule has 2 atom stereocenters. The molecule has 0 radical (unpaired) electrons. The number of rotatable bonds is 6. The number of hydrogen-bond donors (Lipinski definition) is 1. The average molecular weight is 272 g/mol. The van der Waals surface area contributed by atoms with E-state index in [1.807, 2.05) is 24.3 Å². The van der Waals surface area contributed by atoms with E-state index in [2.05, 4.69) is 18.3 Å². The van der Waals surface area contributed by atoms with Crippen LogP contribution in [0.2, 0.25) is 0 Å². The van der Waals surface area contributed by atoms with E-state index in [1.54, 1.807) is 0 Å². The number of benzene rings is 1. The minimum atomic E-state index is 0.108. The van der Waals surface area contributed by atoms with Crippen molar-refractivity contribution in [2.45, 2.75) is 39.2 Å². The number of ether oxygens (including phenoxy) is 1. The predicted molar refractivity (Wildman–Crippen MR) is 80.4 cm³/mol. The van der Waals surface area contributed by atoms with E-state index in [0.717, 1.165) is 30.7 Å². The minimum absolute atomic E-state index is 0.108. The number of nitriles is 1. The Kier molecular flexibility index (Phi) is 5.88. The van der Waals surface area contributed by atoms with Gasteiger partial charge in [0, 0.05) is 6.54 Å². The quantitative estimate of drug-likeness (QED) is 0.862. The first-order chi connectivity index (χ1) is 9.79. The molecule has 20 heavy (non-hydrogen) atoms. The van der Waals surface area contributed by atoms with Crippen LogP contribution in [0.5, 0.6) is 5.75 Å². The van der Waals surface area contributed by atoms with Crippen LogP contribution in [0.3, 0.4) is 0 Å². The molecule has 1 aromatic carbocycles. The highest BCUT2D eigenvalue weighted by Crippen LogP contribution is 2.28. The van der Waals surface area contributed by atoms with Crippen LogP contribution in [0.15, 0.2) is 24.3 Å². The second-order valence-corrected chi connectivity index (χ2v) is 5.75. The smallest absolute Gasteiger partial charge is 0.174 e. The summed E-state index contributed by atoms with van der Waals surface area (Å²) in [7, 11) is 0. The zero-order chi connectivity index (χ0) is 14.2. The maximum Gasteiger partial charge on any atom is 0.174 e. The molecule has 0 heterocycles. The van der Waals surface area contributed by atoms with Crippen LogP contribution in [-0.2, 0) is 6.54 Å². The Morgan fingerprint density at radius 1 is 1.35 bits per heavy atom. The van der Waals surface area contributed by atoms with Gasteiger partial charge in [-0.05, 0) is 42.5 Å². The molecule has 0 aromatic heterocycles. The predicted octanol–water partition coefficient (Wildman–Crippen LogP) is 3.50. The summed E-state index contributed by atoms with van der Waals surface area (Å²) in [4.78, 5) is 0. The van der Waals surface area contributed by atoms with Gasteiger partial charge >= 0.3 is 0 Å². The molecule has 1 fully saturated rings. The van der Waals surface area contributed by atoms with Gasteiger partial charge in [0.2, 0.25) is 0 Å². The van der Waals surface area contributed by atoms with Crippen molar-refractivity contribution in [1.82, 2.24) is 5.32 Å². The van der Waals surface area contributed by atoms with Gasteiger partial charge in [-0.3, -0.25) is 0 Å². The van der Waals surface area contributed by atoms with E-state index < -0.39 is 0 Å². The van der Waals surface area contributed by atoms with Gasteiger partial charge in [-0.15, -0.1) is 0 Å². The first kappa shape index (κ1) is 14.9. The largest absolute Gasteiger partial charge is 0.479 e. The van der Waals surface area contributed by atoms with E-state index in [1.165, 1.54) is 31.2 Å². The Bertz CT molecular complexity index is 453. The summed E-state index contributed by atoms with van der Waals surface area (Å²) in [6.45, 7) is 4.45. The fourth-order valence-electron chi connectivity index (χ4n) is 2.96. The van der Waals surface area contributed by atoms with Crippen LogP contribution in [0.25, 0.3) is 0 Å². The molecule has 108 valence electrons. The van der Waals surface area contributed by atoms with Gasteiger partial charge in [-0.25, -0.2) is 0 Å². The van der Waals surface area contributed by atoms with E-state index in [0.29, 0.717) is 0 Å². The summed E-state index contributed by atoms with van der Waals surface area (Å²) in [5, 5.41) is 12.1. The first-order valence-corrected chi connectivity index (χ1v) is 7.59. The summed E-state index contributed by atoms with van der Waals surface area (Å²) >= 11 is 0. The van der Waals surface area contributed by atoms with Gasteiger partial charge in [0.1, 0.15) is 11.8 Å². The molecule has 3 heteroatoms. The lowest BCUT2D eigenvalue weighted by molar-refractivity contribution is 0.247. The molecule has 0 amide bonds. The lowest BCUT2D eigenvalue weighted by atomic mass is 9.80. The maximum atomic E-state index is 8.52. The topological polar surface area (TPSA) is 45.0 Å². The van der Waals surface area contributed by atoms with Crippen molar-refractivity contribution in [1.29, 1.82) is 5.26 Å². The molecular weight excluding hydrogens is 248 g/mol. The van der Waals surface area contributed by atoms with Gasteiger partial charge in [-0.1, -0.05) is 38.3 Å². The van der Waals surface area contributed by atoms with Crippen molar-refractivity contribution in [3.8, 4) is 11.8 Å². The second-order valence-electron chi connectivity index (χ2n) is 5.75. The maximum absolute atomic E-state index is 8.52. The highest BCUT2D eigenvalue weighted by Gasteiger charge is 2.20. The summed E-state index contributed by atoms with van der Waals surface area (Å²) < 4.78 is 5.32.